The van der Waals surface area contributed by atoms with Crippen molar-refractivity contribution in [2.75, 3.05) is 0 Å². The number of rotatable bonds is 0. The van der Waals surface area contributed by atoms with Crippen LogP contribution >= 0.6 is 0 Å². The molecule has 2 aromatic heterocycles. The van der Waals surface area contributed by atoms with E-state index >= 15 is 0 Å². The number of nitrogens with one attached hydrogen (secondary N) is 3. The summed E-state index contributed by atoms with van der Waals surface area (Å²) < 4.78 is 0. The van der Waals surface area contributed by atoms with E-state index in [1.165, 1.54) is 12.7 Å². The van der Waals surface area contributed by atoms with Crippen molar-refractivity contribution >= 4 is 11.2 Å². The van der Waals surface area contributed by atoms with E-state index in [9.17, 15) is 4.79 Å². The number of fused-ring (bicyclic) bond motifs is 1. The van der Waals surface area contributed by atoms with Gasteiger partial charge in [0.2, 0.25) is 0 Å². The highest BCUT2D eigenvalue weighted by atomic mass is 16.9. The first-order chi connectivity index (χ1) is 8.34. The van der Waals surface area contributed by atoms with Crippen LogP contribution in [0.25, 0.3) is 11.2 Å². The van der Waals surface area contributed by atoms with Gasteiger partial charge < -0.3 is 52.1 Å². The second-order valence-corrected chi connectivity index (χ2v) is 2.34. The van der Waals surface area contributed by atoms with E-state index in [-0.39, 0.29) is 22.0 Å². The van der Waals surface area contributed by atoms with Gasteiger partial charge >= 0.3 is 5.56 Å². The zero-order chi connectivity index (χ0) is 14.1. The maximum absolute atomic E-state index is 10.9. The Hall–Kier alpha value is -3.37. The molecule has 0 aromatic carbocycles. The van der Waals surface area contributed by atoms with Gasteiger partial charge in [-0.15, -0.1) is 0 Å². The molecule has 16 heteroatoms. The van der Waals surface area contributed by atoms with Gasteiger partial charge in [-0.05, 0) is 0 Å². The molecule has 0 atom stereocenters. The standard InChI is InChI=1S/C5H4N4O.2NO3.3H2O/c10-5-3-4(7-1-6-3)8-2-9-5;2*2-1(3)4;;;/h1-2H,(H2,6,7,8,9,10);;;3*1H2/q;2*-1;;;/p+2. The number of aromatic amines is 3. The summed E-state index contributed by atoms with van der Waals surface area (Å²) in [6.45, 7) is 0. The van der Waals surface area contributed by atoms with Crippen LogP contribution < -0.4 is 10.5 Å². The van der Waals surface area contributed by atoms with Crippen LogP contribution in [-0.2, 0) is 5.48 Å². The summed E-state index contributed by atoms with van der Waals surface area (Å²) in [6, 6.07) is 0. The van der Waals surface area contributed by atoms with E-state index in [1.807, 2.05) is 0 Å². The molecule has 2 aromatic rings. The largest absolute Gasteiger partial charge is 0.457 e. The molecular weight excluding hydrogens is 304 g/mol. The van der Waals surface area contributed by atoms with Crippen molar-refractivity contribution < 1.29 is 31.6 Å². The van der Waals surface area contributed by atoms with Crippen molar-refractivity contribution in [3.05, 3.63) is 53.7 Å². The van der Waals surface area contributed by atoms with Gasteiger partial charge in [0.15, 0.2) is 18.2 Å². The Morgan fingerprint density at radius 3 is 1.86 bits per heavy atom. The van der Waals surface area contributed by atoms with Crippen molar-refractivity contribution in [2.24, 2.45) is 0 Å². The SMILES string of the molecule is O.O.O=[N+]([O-])[O-].O=[N+]([O-])[O-].O=c1[nH]c[nH+]c2nc[nH]c12.[OH3+]. The Labute approximate surface area is 112 Å². The lowest BCUT2D eigenvalue weighted by molar-refractivity contribution is -0.403. The fraction of sp³-hybridized carbons (Fsp3) is 0. The molecule has 21 heavy (non-hydrogen) atoms. The molecule has 0 saturated heterocycles. The molecule has 10 N–H and O–H groups in total. The van der Waals surface area contributed by atoms with E-state index in [0.717, 1.165) is 0 Å². The summed E-state index contributed by atoms with van der Waals surface area (Å²) in [4.78, 5) is 39.2. The first-order valence-electron chi connectivity index (χ1n) is 3.90. The van der Waals surface area contributed by atoms with E-state index in [4.69, 9.17) is 30.6 Å². The van der Waals surface area contributed by atoms with Crippen LogP contribution in [-0.4, -0.2) is 36.1 Å². The molecule has 0 aliphatic rings. The number of aromatic nitrogens is 4. The molecule has 0 amide bonds. The molecule has 2 rings (SSSR count). The summed E-state index contributed by atoms with van der Waals surface area (Å²) in [5, 5.41) is 29.5. The number of hydrogen-bond acceptors (Lipinski definition) is 8. The van der Waals surface area contributed by atoms with Crippen LogP contribution in [0.15, 0.2) is 17.4 Å². The van der Waals surface area contributed by atoms with Gasteiger partial charge in [-0.25, -0.2) is 14.8 Å². The van der Waals surface area contributed by atoms with Crippen molar-refractivity contribution in [1.82, 2.24) is 15.0 Å². The lowest BCUT2D eigenvalue weighted by atomic mass is 10.6. The van der Waals surface area contributed by atoms with Crippen LogP contribution in [0, 0.1) is 30.6 Å². The Morgan fingerprint density at radius 1 is 1.05 bits per heavy atom. The first kappa shape index (κ1) is 26.2. The van der Waals surface area contributed by atoms with E-state index in [2.05, 4.69) is 19.9 Å². The number of imidazole rings is 1. The molecule has 122 valence electrons. The maximum atomic E-state index is 10.9. The topological polar surface area (TPSA) is 304 Å². The molecule has 0 spiro atoms. The Kier molecular flexibility index (Phi) is 16.3. The van der Waals surface area contributed by atoms with Gasteiger partial charge in [0.05, 0.1) is 10.2 Å². The van der Waals surface area contributed by atoms with Gasteiger partial charge in [-0.1, -0.05) is 4.98 Å². The molecular formula is C5H12N6O10. The zero-order valence-corrected chi connectivity index (χ0v) is 9.93. The summed E-state index contributed by atoms with van der Waals surface area (Å²) >= 11 is 0. The van der Waals surface area contributed by atoms with Crippen LogP contribution in [0.2, 0.25) is 0 Å². The van der Waals surface area contributed by atoms with Crippen molar-refractivity contribution in [1.29, 1.82) is 0 Å². The van der Waals surface area contributed by atoms with Crippen LogP contribution in [0.1, 0.15) is 0 Å². The Balaban J connectivity index is -0.000000115. The van der Waals surface area contributed by atoms with Crippen LogP contribution in [0.5, 0.6) is 0 Å². The normalized spacial score (nSPS) is 7.24. The first-order valence-corrected chi connectivity index (χ1v) is 3.90. The highest BCUT2D eigenvalue weighted by Crippen LogP contribution is 1.90. The van der Waals surface area contributed by atoms with Crippen LogP contribution in [0.4, 0.5) is 0 Å². The summed E-state index contributed by atoms with van der Waals surface area (Å²) in [7, 11) is 0. The molecule has 0 aliphatic heterocycles. The Bertz CT molecular complexity index is 558. The smallest absolute Gasteiger partial charge is 0.334 e. The minimum absolute atomic E-state index is 0. The second kappa shape index (κ2) is 13.1. The number of hydrogen-bond donors (Lipinski definition) is 2. The average molecular weight is 316 g/mol. The van der Waals surface area contributed by atoms with Crippen molar-refractivity contribution in [3.63, 3.8) is 0 Å². The number of nitrogens with zero attached hydrogens (tertiary/aromatic N) is 3. The molecule has 0 fully saturated rings. The minimum Gasteiger partial charge on any atom is -0.457 e. The molecule has 0 radical (unpaired) electrons. The highest BCUT2D eigenvalue weighted by molar-refractivity contribution is 5.63. The molecule has 0 bridgehead atoms. The quantitative estimate of drug-likeness (QED) is 0.273. The molecule has 0 unspecified atom stereocenters. The summed E-state index contributed by atoms with van der Waals surface area (Å²) in [5.41, 5.74) is 0.887. The van der Waals surface area contributed by atoms with Gasteiger partial charge in [-0.3, -0.25) is 0 Å². The molecule has 0 saturated carbocycles. The lowest BCUT2D eigenvalue weighted by Gasteiger charge is -1.76. The minimum atomic E-state index is -1.75. The van der Waals surface area contributed by atoms with Gasteiger partial charge in [-0.2, -0.15) is 0 Å². The van der Waals surface area contributed by atoms with Crippen molar-refractivity contribution in [2.45, 2.75) is 0 Å². The predicted molar refractivity (Wildman–Crippen MR) is 66.1 cm³/mol. The highest BCUT2D eigenvalue weighted by Gasteiger charge is 2.04. The second-order valence-electron chi connectivity index (χ2n) is 2.34. The monoisotopic (exact) mass is 316 g/mol. The van der Waals surface area contributed by atoms with Gasteiger partial charge in [0, 0.05) is 0 Å². The molecule has 0 aliphatic carbocycles. The maximum Gasteiger partial charge on any atom is 0.334 e. The summed E-state index contributed by atoms with van der Waals surface area (Å²) in [6.07, 6.45) is 2.92. The fourth-order valence-electron chi connectivity index (χ4n) is 0.819. The zero-order valence-electron chi connectivity index (χ0n) is 9.93. The third-order valence-corrected chi connectivity index (χ3v) is 1.28. The van der Waals surface area contributed by atoms with Gasteiger partial charge in [0.25, 0.3) is 5.65 Å². The third kappa shape index (κ3) is 12.9. The van der Waals surface area contributed by atoms with E-state index in [0.29, 0.717) is 11.2 Å². The fourth-order valence-corrected chi connectivity index (χ4v) is 0.819. The predicted octanol–water partition coefficient (Wildman–Crippen LogP) is -3.98. The Morgan fingerprint density at radius 2 is 1.48 bits per heavy atom. The van der Waals surface area contributed by atoms with E-state index < -0.39 is 10.2 Å². The van der Waals surface area contributed by atoms with Crippen LogP contribution in [0.3, 0.4) is 0 Å². The summed E-state index contributed by atoms with van der Waals surface area (Å²) in [5.74, 6) is 0. The van der Waals surface area contributed by atoms with Gasteiger partial charge in [0.1, 0.15) is 0 Å². The average Bonchev–Trinajstić information content (AvgIpc) is 2.65. The van der Waals surface area contributed by atoms with E-state index in [1.54, 1.807) is 0 Å². The lowest BCUT2D eigenvalue weighted by Crippen LogP contribution is -2.15. The third-order valence-electron chi connectivity index (χ3n) is 1.28. The molecule has 16 nitrogen and oxygen atoms in total. The molecule has 2 heterocycles. The van der Waals surface area contributed by atoms with Crippen molar-refractivity contribution in [3.8, 4) is 0 Å². The number of H-pyrrole nitrogens is 3.